The van der Waals surface area contributed by atoms with E-state index in [1.165, 1.54) is 10.4 Å². The maximum atomic E-state index is 13.1. The third-order valence-electron chi connectivity index (χ3n) is 6.27. The third kappa shape index (κ3) is 4.71. The summed E-state index contributed by atoms with van der Waals surface area (Å²) in [5, 5.41) is 5.86. The number of hydrogen-bond acceptors (Lipinski definition) is 4. The second-order valence-electron chi connectivity index (χ2n) is 8.54. The average molecular weight is 456 g/mol. The molecule has 2 N–H and O–H groups in total. The second-order valence-corrected chi connectivity index (χ2v) is 10.5. The molecule has 0 unspecified atom stereocenters. The summed E-state index contributed by atoms with van der Waals surface area (Å²) in [7, 11) is -3.63. The third-order valence-corrected chi connectivity index (χ3v) is 8.16. The summed E-state index contributed by atoms with van der Waals surface area (Å²) in [6, 6.07) is 11.7. The van der Waals surface area contributed by atoms with Gasteiger partial charge in [0.25, 0.3) is 11.8 Å². The molecule has 2 fully saturated rings. The molecule has 1 saturated carbocycles. The lowest BCUT2D eigenvalue weighted by molar-refractivity contribution is 0.0938. The molecule has 0 bridgehead atoms. The molecule has 4 rings (SSSR count). The highest BCUT2D eigenvalue weighted by Crippen LogP contribution is 2.25. The highest BCUT2D eigenvalue weighted by atomic mass is 32.2. The Kier molecular flexibility index (Phi) is 6.62. The number of carbonyl (C=O) groups excluding carboxylic acids is 2. The van der Waals surface area contributed by atoms with Crippen molar-refractivity contribution in [1.29, 1.82) is 0 Å². The van der Waals surface area contributed by atoms with Crippen molar-refractivity contribution in [2.75, 3.05) is 18.4 Å². The number of benzene rings is 2. The van der Waals surface area contributed by atoms with Gasteiger partial charge in [-0.2, -0.15) is 4.31 Å². The Morgan fingerprint density at radius 3 is 2.31 bits per heavy atom. The van der Waals surface area contributed by atoms with Crippen molar-refractivity contribution in [3.05, 3.63) is 59.2 Å². The fraction of sp³-hybridized carbons (Fsp3) is 0.417. The smallest absolute Gasteiger partial charge is 0.255 e. The van der Waals surface area contributed by atoms with E-state index in [0.29, 0.717) is 29.9 Å². The van der Waals surface area contributed by atoms with Gasteiger partial charge in [0.05, 0.1) is 16.1 Å². The molecule has 1 aliphatic heterocycles. The number of amides is 2. The molecule has 32 heavy (non-hydrogen) atoms. The molecule has 1 heterocycles. The monoisotopic (exact) mass is 455 g/mol. The van der Waals surface area contributed by atoms with Gasteiger partial charge in [0.1, 0.15) is 0 Å². The normalized spacial score (nSPS) is 17.4. The number of nitrogens with zero attached hydrogens (tertiary/aromatic N) is 1. The van der Waals surface area contributed by atoms with E-state index >= 15 is 0 Å². The fourth-order valence-electron chi connectivity index (χ4n) is 4.40. The Balaban J connectivity index is 1.56. The minimum absolute atomic E-state index is 0.113. The number of nitrogens with one attached hydrogen (secondary N) is 2. The molecule has 2 aliphatic rings. The van der Waals surface area contributed by atoms with Crippen molar-refractivity contribution in [3.63, 3.8) is 0 Å². The highest BCUT2D eigenvalue weighted by Gasteiger charge is 2.28. The van der Waals surface area contributed by atoms with E-state index in [1.807, 2.05) is 0 Å². The van der Waals surface area contributed by atoms with E-state index in [9.17, 15) is 18.0 Å². The molecule has 2 aromatic carbocycles. The first-order valence-electron chi connectivity index (χ1n) is 11.2. The summed E-state index contributed by atoms with van der Waals surface area (Å²) in [6.07, 6.45) is 5.85. The summed E-state index contributed by atoms with van der Waals surface area (Å²) in [6.45, 7) is 2.77. The number of carbonyl (C=O) groups is 2. The second kappa shape index (κ2) is 9.42. The van der Waals surface area contributed by atoms with E-state index in [4.69, 9.17) is 0 Å². The van der Waals surface area contributed by atoms with E-state index in [2.05, 4.69) is 10.6 Å². The molecule has 7 nitrogen and oxygen atoms in total. The lowest BCUT2D eigenvalue weighted by atomic mass is 10.1. The summed E-state index contributed by atoms with van der Waals surface area (Å²) in [5.41, 5.74) is 1.73. The van der Waals surface area contributed by atoms with Crippen LogP contribution in [0.15, 0.2) is 47.4 Å². The molecule has 0 aromatic heterocycles. The van der Waals surface area contributed by atoms with Crippen LogP contribution in [0.2, 0.25) is 0 Å². The maximum Gasteiger partial charge on any atom is 0.255 e. The van der Waals surface area contributed by atoms with Crippen LogP contribution < -0.4 is 10.6 Å². The molecular formula is C24H29N3O4S. The quantitative estimate of drug-likeness (QED) is 0.694. The summed E-state index contributed by atoms with van der Waals surface area (Å²) in [5.74, 6) is -0.656. The SMILES string of the molecule is Cc1ccc(S(=O)(=O)N2CCCC2)cc1C(=O)Nc1ccccc1C(=O)NC1CCCC1. The Morgan fingerprint density at radius 1 is 0.906 bits per heavy atom. The molecule has 1 saturated heterocycles. The van der Waals surface area contributed by atoms with E-state index < -0.39 is 15.9 Å². The molecule has 1 aliphatic carbocycles. The zero-order valence-electron chi connectivity index (χ0n) is 18.3. The first-order valence-corrected chi connectivity index (χ1v) is 12.6. The van der Waals surface area contributed by atoms with Crippen LogP contribution in [0.5, 0.6) is 0 Å². The zero-order chi connectivity index (χ0) is 22.7. The summed E-state index contributed by atoms with van der Waals surface area (Å²) >= 11 is 0. The van der Waals surface area contributed by atoms with Crippen molar-refractivity contribution in [1.82, 2.24) is 9.62 Å². The first kappa shape index (κ1) is 22.5. The van der Waals surface area contributed by atoms with Gasteiger partial charge in [-0.25, -0.2) is 8.42 Å². The molecular weight excluding hydrogens is 426 g/mol. The first-order chi connectivity index (χ1) is 15.4. The number of para-hydroxylation sites is 1. The minimum Gasteiger partial charge on any atom is -0.349 e. The van der Waals surface area contributed by atoms with E-state index in [1.54, 1.807) is 43.3 Å². The average Bonchev–Trinajstić information content (AvgIpc) is 3.49. The number of aryl methyl sites for hydroxylation is 1. The standard InChI is InChI=1S/C24H29N3O4S/c1-17-12-13-19(32(30,31)27-14-6-7-15-27)16-21(17)24(29)26-22-11-5-4-10-20(22)23(28)25-18-8-2-3-9-18/h4-5,10-13,16,18H,2-3,6-9,14-15H2,1H3,(H,25,28)(H,26,29). The van der Waals surface area contributed by atoms with Gasteiger partial charge in [0.15, 0.2) is 0 Å². The zero-order valence-corrected chi connectivity index (χ0v) is 19.1. The number of sulfonamides is 1. The van der Waals surface area contributed by atoms with Gasteiger partial charge in [-0.15, -0.1) is 0 Å². The van der Waals surface area contributed by atoms with Crippen molar-refractivity contribution >= 4 is 27.5 Å². The van der Waals surface area contributed by atoms with Crippen LogP contribution in [-0.4, -0.2) is 43.7 Å². The van der Waals surface area contributed by atoms with Gasteiger partial charge in [0, 0.05) is 24.7 Å². The fourth-order valence-corrected chi connectivity index (χ4v) is 5.94. The predicted molar refractivity (Wildman–Crippen MR) is 123 cm³/mol. The van der Waals surface area contributed by atoms with Crippen molar-refractivity contribution in [2.24, 2.45) is 0 Å². The van der Waals surface area contributed by atoms with Gasteiger partial charge in [-0.1, -0.05) is 31.0 Å². The van der Waals surface area contributed by atoms with Crippen LogP contribution in [0.25, 0.3) is 0 Å². The molecule has 0 spiro atoms. The van der Waals surface area contributed by atoms with Crippen LogP contribution >= 0.6 is 0 Å². The molecule has 0 atom stereocenters. The Morgan fingerprint density at radius 2 is 1.59 bits per heavy atom. The van der Waals surface area contributed by atoms with Gasteiger partial charge in [-0.3, -0.25) is 9.59 Å². The maximum absolute atomic E-state index is 13.1. The Bertz CT molecular complexity index is 1120. The van der Waals surface area contributed by atoms with Crippen LogP contribution in [0.1, 0.15) is 64.8 Å². The molecule has 170 valence electrons. The van der Waals surface area contributed by atoms with E-state index in [-0.39, 0.29) is 22.4 Å². The lowest BCUT2D eigenvalue weighted by Gasteiger charge is -2.17. The number of anilines is 1. The molecule has 2 amide bonds. The predicted octanol–water partition coefficient (Wildman–Crippen LogP) is 3.70. The van der Waals surface area contributed by atoms with Crippen molar-refractivity contribution in [3.8, 4) is 0 Å². The number of hydrogen-bond donors (Lipinski definition) is 2. The molecule has 0 radical (unpaired) electrons. The van der Waals surface area contributed by atoms with Gasteiger partial charge < -0.3 is 10.6 Å². The Labute approximate surface area is 189 Å². The van der Waals surface area contributed by atoms with E-state index in [0.717, 1.165) is 38.5 Å². The van der Waals surface area contributed by atoms with Crippen molar-refractivity contribution in [2.45, 2.75) is 56.4 Å². The molecule has 2 aromatic rings. The van der Waals surface area contributed by atoms with Crippen LogP contribution in [0.4, 0.5) is 5.69 Å². The summed E-state index contributed by atoms with van der Waals surface area (Å²) < 4.78 is 27.3. The molecule has 8 heteroatoms. The van der Waals surface area contributed by atoms with Gasteiger partial charge in [0.2, 0.25) is 10.0 Å². The highest BCUT2D eigenvalue weighted by molar-refractivity contribution is 7.89. The van der Waals surface area contributed by atoms with Crippen LogP contribution in [0.3, 0.4) is 0 Å². The van der Waals surface area contributed by atoms with Gasteiger partial charge in [-0.05, 0) is 62.4 Å². The minimum atomic E-state index is -3.63. The summed E-state index contributed by atoms with van der Waals surface area (Å²) in [4.78, 5) is 26.0. The Hall–Kier alpha value is -2.71. The van der Waals surface area contributed by atoms with Gasteiger partial charge >= 0.3 is 0 Å². The lowest BCUT2D eigenvalue weighted by Crippen LogP contribution is -2.33. The topological polar surface area (TPSA) is 95.6 Å². The number of rotatable bonds is 6. The van der Waals surface area contributed by atoms with Crippen LogP contribution in [0, 0.1) is 6.92 Å². The van der Waals surface area contributed by atoms with Crippen LogP contribution in [-0.2, 0) is 10.0 Å². The van der Waals surface area contributed by atoms with Crippen molar-refractivity contribution < 1.29 is 18.0 Å². The largest absolute Gasteiger partial charge is 0.349 e.